The van der Waals surface area contributed by atoms with Crippen molar-refractivity contribution in [1.82, 2.24) is 10.3 Å². The van der Waals surface area contributed by atoms with Crippen molar-refractivity contribution in [3.05, 3.63) is 42.1 Å². The third kappa shape index (κ3) is 4.24. The summed E-state index contributed by atoms with van der Waals surface area (Å²) in [4.78, 5) is 19.6. The van der Waals surface area contributed by atoms with Crippen LogP contribution in [0.5, 0.6) is 0 Å². The van der Waals surface area contributed by atoms with Gasteiger partial charge in [0.25, 0.3) is 0 Å². The Labute approximate surface area is 169 Å². The van der Waals surface area contributed by atoms with Gasteiger partial charge in [-0.05, 0) is 56.0 Å². The number of nitrogens with zero attached hydrogens (tertiary/aromatic N) is 2. The number of anilines is 2. The number of hydrogen-bond donors (Lipinski definition) is 2. The van der Waals surface area contributed by atoms with Crippen LogP contribution in [0.25, 0.3) is 11.1 Å². The minimum atomic E-state index is -0.534. The van der Waals surface area contributed by atoms with E-state index in [0.29, 0.717) is 29.5 Å². The fourth-order valence-electron chi connectivity index (χ4n) is 4.17. The molecule has 0 saturated carbocycles. The predicted molar refractivity (Wildman–Crippen MR) is 110 cm³/mol. The van der Waals surface area contributed by atoms with Crippen LogP contribution < -0.4 is 15.5 Å². The number of carbonyl (C=O) groups is 1. The van der Waals surface area contributed by atoms with Crippen LogP contribution in [0.4, 0.5) is 20.3 Å². The summed E-state index contributed by atoms with van der Waals surface area (Å²) in [6, 6.07) is 5.00. The summed E-state index contributed by atoms with van der Waals surface area (Å²) in [5.41, 5.74) is 1.03. The van der Waals surface area contributed by atoms with Crippen molar-refractivity contribution >= 4 is 17.4 Å². The average Bonchev–Trinajstić information content (AvgIpc) is 3.17. The third-order valence-corrected chi connectivity index (χ3v) is 5.79. The molecule has 2 N–H and O–H groups in total. The highest BCUT2D eigenvalue weighted by Crippen LogP contribution is 2.38. The highest BCUT2D eigenvalue weighted by molar-refractivity contribution is 6.00. The van der Waals surface area contributed by atoms with Crippen LogP contribution in [0.1, 0.15) is 26.2 Å². The first-order valence-electron chi connectivity index (χ1n) is 10.2. The maximum atomic E-state index is 14.6. The number of amides is 1. The first-order chi connectivity index (χ1) is 14.0. The van der Waals surface area contributed by atoms with Crippen molar-refractivity contribution in [2.24, 2.45) is 11.8 Å². The van der Waals surface area contributed by atoms with Gasteiger partial charge in [0.1, 0.15) is 11.6 Å². The number of aromatic nitrogens is 1. The number of rotatable bonds is 4. The lowest BCUT2D eigenvalue weighted by Gasteiger charge is -2.26. The normalized spacial score (nSPS) is 22.0. The maximum absolute atomic E-state index is 14.6. The average molecular weight is 400 g/mol. The fraction of sp³-hybridized carbons (Fsp3) is 0.455. The van der Waals surface area contributed by atoms with Crippen molar-refractivity contribution in [2.45, 2.75) is 26.2 Å². The third-order valence-electron chi connectivity index (χ3n) is 5.79. The molecule has 2 atom stereocenters. The minimum absolute atomic E-state index is 0.114. The van der Waals surface area contributed by atoms with Crippen molar-refractivity contribution in [2.75, 3.05) is 36.4 Å². The van der Waals surface area contributed by atoms with E-state index in [-0.39, 0.29) is 17.4 Å². The molecule has 0 bridgehead atoms. The monoisotopic (exact) mass is 400 g/mol. The van der Waals surface area contributed by atoms with Crippen molar-refractivity contribution in [3.8, 4) is 11.1 Å². The standard InChI is InChI=1S/C22H26F2N4O/c1-14-7-10-28(13-14)21-20(27-22(29)15-3-2-8-25-12-15)17(6-9-26-21)18-11-16(23)4-5-19(18)24/h4-6,9,11,14-15,25H,2-3,7-8,10,12-13H2,1H3,(H,27,29)/t14-,15?/m0/s1. The largest absolute Gasteiger partial charge is 0.355 e. The Kier molecular flexibility index (Phi) is 5.76. The van der Waals surface area contributed by atoms with Crippen LogP contribution in [0.15, 0.2) is 30.5 Å². The highest BCUT2D eigenvalue weighted by atomic mass is 19.1. The Morgan fingerprint density at radius 2 is 2.10 bits per heavy atom. The fourth-order valence-corrected chi connectivity index (χ4v) is 4.17. The van der Waals surface area contributed by atoms with Gasteiger partial charge in [0.15, 0.2) is 5.82 Å². The maximum Gasteiger partial charge on any atom is 0.228 e. The summed E-state index contributed by atoms with van der Waals surface area (Å²) in [6.07, 6.45) is 4.36. The van der Waals surface area contributed by atoms with Gasteiger partial charge in [-0.25, -0.2) is 13.8 Å². The molecule has 2 aliphatic rings. The Bertz CT molecular complexity index is 898. The summed E-state index contributed by atoms with van der Waals surface area (Å²) in [6.45, 7) is 5.33. The predicted octanol–water partition coefficient (Wildman–Crippen LogP) is 3.81. The molecule has 2 aliphatic heterocycles. The molecule has 154 valence electrons. The second kappa shape index (κ2) is 8.45. The molecule has 1 amide bonds. The van der Waals surface area contributed by atoms with Crippen LogP contribution in [0.3, 0.4) is 0 Å². The molecule has 0 radical (unpaired) electrons. The molecule has 0 spiro atoms. The van der Waals surface area contributed by atoms with Crippen LogP contribution in [-0.2, 0) is 4.79 Å². The van der Waals surface area contributed by atoms with Gasteiger partial charge >= 0.3 is 0 Å². The van der Waals surface area contributed by atoms with E-state index >= 15 is 0 Å². The lowest BCUT2D eigenvalue weighted by molar-refractivity contribution is -0.120. The molecular weight excluding hydrogens is 374 g/mol. The summed E-state index contributed by atoms with van der Waals surface area (Å²) >= 11 is 0. The smallest absolute Gasteiger partial charge is 0.228 e. The molecule has 3 heterocycles. The molecule has 2 fully saturated rings. The molecule has 0 aliphatic carbocycles. The zero-order chi connectivity index (χ0) is 20.4. The van der Waals surface area contributed by atoms with Gasteiger partial charge < -0.3 is 15.5 Å². The van der Waals surface area contributed by atoms with Crippen LogP contribution in [-0.4, -0.2) is 37.1 Å². The summed E-state index contributed by atoms with van der Waals surface area (Å²) in [5, 5.41) is 6.26. The molecular formula is C22H26F2N4O. The summed E-state index contributed by atoms with van der Waals surface area (Å²) < 4.78 is 28.5. The number of carbonyl (C=O) groups excluding carboxylic acids is 1. The SMILES string of the molecule is C[C@H]1CCN(c2nccc(-c3cc(F)ccc3F)c2NC(=O)C2CCCNC2)C1. The lowest BCUT2D eigenvalue weighted by atomic mass is 9.98. The van der Waals surface area contributed by atoms with E-state index < -0.39 is 11.6 Å². The molecule has 7 heteroatoms. The number of benzene rings is 1. The van der Waals surface area contributed by atoms with E-state index in [1.54, 1.807) is 12.3 Å². The first kappa shape index (κ1) is 19.8. The van der Waals surface area contributed by atoms with Gasteiger partial charge in [0.2, 0.25) is 5.91 Å². The lowest BCUT2D eigenvalue weighted by Crippen LogP contribution is -2.37. The zero-order valence-corrected chi connectivity index (χ0v) is 16.5. The van der Waals surface area contributed by atoms with Gasteiger partial charge in [0.05, 0.1) is 11.6 Å². The quantitative estimate of drug-likeness (QED) is 0.820. The Morgan fingerprint density at radius 3 is 2.83 bits per heavy atom. The number of hydrogen-bond acceptors (Lipinski definition) is 4. The minimum Gasteiger partial charge on any atom is -0.355 e. The van der Waals surface area contributed by atoms with E-state index in [1.165, 1.54) is 6.07 Å². The second-order valence-electron chi connectivity index (χ2n) is 8.05. The van der Waals surface area contributed by atoms with E-state index in [0.717, 1.165) is 51.0 Å². The van der Waals surface area contributed by atoms with Gasteiger partial charge in [-0.15, -0.1) is 0 Å². The first-order valence-corrected chi connectivity index (χ1v) is 10.2. The van der Waals surface area contributed by atoms with Gasteiger partial charge in [-0.3, -0.25) is 4.79 Å². The van der Waals surface area contributed by atoms with E-state index in [2.05, 4.69) is 27.4 Å². The summed E-state index contributed by atoms with van der Waals surface area (Å²) in [5.74, 6) is -0.196. The molecule has 4 rings (SSSR count). The Balaban J connectivity index is 1.76. The number of halogens is 2. The van der Waals surface area contributed by atoms with E-state index in [9.17, 15) is 13.6 Å². The van der Waals surface area contributed by atoms with Crippen molar-refractivity contribution in [3.63, 3.8) is 0 Å². The molecule has 2 saturated heterocycles. The summed E-state index contributed by atoms with van der Waals surface area (Å²) in [7, 11) is 0. The molecule has 1 aromatic heterocycles. The molecule has 1 aromatic carbocycles. The zero-order valence-electron chi connectivity index (χ0n) is 16.5. The van der Waals surface area contributed by atoms with Gasteiger partial charge in [-0.1, -0.05) is 6.92 Å². The number of nitrogens with one attached hydrogen (secondary N) is 2. The molecule has 5 nitrogen and oxygen atoms in total. The number of pyridine rings is 1. The molecule has 2 aromatic rings. The Morgan fingerprint density at radius 1 is 1.24 bits per heavy atom. The van der Waals surface area contributed by atoms with E-state index in [1.807, 2.05) is 0 Å². The van der Waals surface area contributed by atoms with Gasteiger partial charge in [0, 0.05) is 37.0 Å². The highest BCUT2D eigenvalue weighted by Gasteiger charge is 2.28. The Hall–Kier alpha value is -2.54. The van der Waals surface area contributed by atoms with Crippen molar-refractivity contribution in [1.29, 1.82) is 0 Å². The molecule has 1 unspecified atom stereocenters. The molecule has 29 heavy (non-hydrogen) atoms. The van der Waals surface area contributed by atoms with Crippen molar-refractivity contribution < 1.29 is 13.6 Å². The number of piperidine rings is 1. The van der Waals surface area contributed by atoms with Crippen LogP contribution in [0, 0.1) is 23.5 Å². The van der Waals surface area contributed by atoms with Crippen LogP contribution in [0.2, 0.25) is 0 Å². The van der Waals surface area contributed by atoms with Crippen LogP contribution >= 0.6 is 0 Å². The second-order valence-corrected chi connectivity index (χ2v) is 8.05. The van der Waals surface area contributed by atoms with Gasteiger partial charge in [-0.2, -0.15) is 0 Å². The van der Waals surface area contributed by atoms with E-state index in [4.69, 9.17) is 0 Å². The topological polar surface area (TPSA) is 57.3 Å².